The van der Waals surface area contributed by atoms with Crippen LogP contribution in [0.5, 0.6) is 0 Å². The molecule has 0 saturated carbocycles. The number of benzene rings is 1. The van der Waals surface area contributed by atoms with Crippen molar-refractivity contribution >= 4 is 28.3 Å². The number of hydrogen-bond acceptors (Lipinski definition) is 2. The standard InChI is InChI=1S/C12H17BrN2.ClH/c1-9(15-6-5-12(14)8-15)10-3-2-4-11(13)7-10;/h2-4,7,9,12H,5-6,8,14H2,1H3;1H. The van der Waals surface area contributed by atoms with Crippen LogP contribution in [0.15, 0.2) is 28.7 Å². The Morgan fingerprint density at radius 2 is 2.25 bits per heavy atom. The SMILES string of the molecule is CC(c1cccc(Br)c1)N1CCC(N)C1.Cl. The number of nitrogens with two attached hydrogens (primary N) is 1. The van der Waals surface area contributed by atoms with E-state index >= 15 is 0 Å². The van der Waals surface area contributed by atoms with Crippen molar-refractivity contribution in [3.05, 3.63) is 34.3 Å². The first-order chi connectivity index (χ1) is 7.16. The Kier molecular flexibility index (Phi) is 5.25. The zero-order valence-corrected chi connectivity index (χ0v) is 11.8. The van der Waals surface area contributed by atoms with E-state index in [4.69, 9.17) is 5.73 Å². The highest BCUT2D eigenvalue weighted by Crippen LogP contribution is 2.25. The number of likely N-dealkylation sites (tertiary alicyclic amines) is 1. The molecule has 90 valence electrons. The lowest BCUT2D eigenvalue weighted by atomic mass is 10.1. The first-order valence-electron chi connectivity index (χ1n) is 5.42. The van der Waals surface area contributed by atoms with Gasteiger partial charge in [-0.15, -0.1) is 12.4 Å². The Morgan fingerprint density at radius 1 is 1.50 bits per heavy atom. The molecular weight excluding hydrogens is 288 g/mol. The molecule has 2 rings (SSSR count). The first kappa shape index (κ1) is 14.0. The summed E-state index contributed by atoms with van der Waals surface area (Å²) in [6.45, 7) is 4.39. The summed E-state index contributed by atoms with van der Waals surface area (Å²) in [7, 11) is 0. The van der Waals surface area contributed by atoms with Crippen LogP contribution in [0.2, 0.25) is 0 Å². The molecule has 0 aromatic heterocycles. The smallest absolute Gasteiger partial charge is 0.0320 e. The van der Waals surface area contributed by atoms with E-state index in [0.29, 0.717) is 12.1 Å². The molecule has 1 saturated heterocycles. The quantitative estimate of drug-likeness (QED) is 0.910. The fourth-order valence-corrected chi connectivity index (χ4v) is 2.56. The molecule has 0 bridgehead atoms. The van der Waals surface area contributed by atoms with Crippen molar-refractivity contribution in [3.8, 4) is 0 Å². The fourth-order valence-electron chi connectivity index (χ4n) is 2.14. The van der Waals surface area contributed by atoms with E-state index in [1.165, 1.54) is 5.56 Å². The van der Waals surface area contributed by atoms with Gasteiger partial charge < -0.3 is 5.73 Å². The summed E-state index contributed by atoms with van der Waals surface area (Å²) in [5.74, 6) is 0. The number of halogens is 2. The highest BCUT2D eigenvalue weighted by Gasteiger charge is 2.24. The van der Waals surface area contributed by atoms with Crippen LogP contribution in [-0.4, -0.2) is 24.0 Å². The van der Waals surface area contributed by atoms with Crippen LogP contribution in [0.1, 0.15) is 24.9 Å². The average Bonchev–Trinajstić information content (AvgIpc) is 2.64. The summed E-state index contributed by atoms with van der Waals surface area (Å²) in [6, 6.07) is 9.35. The second-order valence-electron chi connectivity index (χ2n) is 4.27. The van der Waals surface area contributed by atoms with Gasteiger partial charge in [-0.3, -0.25) is 4.90 Å². The topological polar surface area (TPSA) is 29.3 Å². The summed E-state index contributed by atoms with van der Waals surface area (Å²) in [5, 5.41) is 0. The zero-order valence-electron chi connectivity index (χ0n) is 9.40. The molecule has 1 aliphatic heterocycles. The van der Waals surface area contributed by atoms with Crippen LogP contribution >= 0.6 is 28.3 Å². The van der Waals surface area contributed by atoms with Crippen molar-refractivity contribution < 1.29 is 0 Å². The molecule has 1 aliphatic rings. The molecule has 0 aliphatic carbocycles. The van der Waals surface area contributed by atoms with Gasteiger partial charge in [-0.2, -0.15) is 0 Å². The molecule has 2 atom stereocenters. The molecule has 0 radical (unpaired) electrons. The minimum atomic E-state index is 0. The molecule has 2 nitrogen and oxygen atoms in total. The second-order valence-corrected chi connectivity index (χ2v) is 5.19. The van der Waals surface area contributed by atoms with E-state index in [-0.39, 0.29) is 12.4 Å². The molecule has 4 heteroatoms. The summed E-state index contributed by atoms with van der Waals surface area (Å²) in [5.41, 5.74) is 7.28. The maximum Gasteiger partial charge on any atom is 0.0320 e. The molecule has 2 N–H and O–H groups in total. The van der Waals surface area contributed by atoms with Crippen molar-refractivity contribution in [1.82, 2.24) is 4.90 Å². The normalized spacial score (nSPS) is 22.8. The van der Waals surface area contributed by atoms with E-state index in [2.05, 4.69) is 52.0 Å². The number of rotatable bonds is 2. The third-order valence-electron chi connectivity index (χ3n) is 3.13. The molecule has 0 spiro atoms. The van der Waals surface area contributed by atoms with Gasteiger partial charge in [0.25, 0.3) is 0 Å². The maximum absolute atomic E-state index is 5.92. The predicted octanol–water partition coefficient (Wildman–Crippen LogP) is 2.96. The van der Waals surface area contributed by atoms with E-state index < -0.39 is 0 Å². The van der Waals surface area contributed by atoms with E-state index in [0.717, 1.165) is 24.0 Å². The van der Waals surface area contributed by atoms with Gasteiger partial charge in [0.15, 0.2) is 0 Å². The Morgan fingerprint density at radius 3 is 2.81 bits per heavy atom. The molecule has 1 aromatic rings. The van der Waals surface area contributed by atoms with E-state index in [1.807, 2.05) is 0 Å². The van der Waals surface area contributed by atoms with Gasteiger partial charge in [-0.1, -0.05) is 28.1 Å². The molecule has 1 fully saturated rings. The van der Waals surface area contributed by atoms with E-state index in [9.17, 15) is 0 Å². The number of hydrogen-bond donors (Lipinski definition) is 1. The van der Waals surface area contributed by atoms with Crippen LogP contribution in [0.25, 0.3) is 0 Å². The van der Waals surface area contributed by atoms with Crippen molar-refractivity contribution in [3.63, 3.8) is 0 Å². The van der Waals surface area contributed by atoms with Gasteiger partial charge in [-0.25, -0.2) is 0 Å². The van der Waals surface area contributed by atoms with Crippen LogP contribution in [-0.2, 0) is 0 Å². The Labute approximate surface area is 112 Å². The monoisotopic (exact) mass is 304 g/mol. The highest BCUT2D eigenvalue weighted by molar-refractivity contribution is 9.10. The lowest BCUT2D eigenvalue weighted by molar-refractivity contribution is 0.260. The average molecular weight is 306 g/mol. The molecule has 2 unspecified atom stereocenters. The summed E-state index contributed by atoms with van der Waals surface area (Å²) in [4.78, 5) is 2.45. The largest absolute Gasteiger partial charge is 0.326 e. The van der Waals surface area contributed by atoms with E-state index in [1.54, 1.807) is 0 Å². The third-order valence-corrected chi connectivity index (χ3v) is 3.63. The van der Waals surface area contributed by atoms with Gasteiger partial charge in [0.1, 0.15) is 0 Å². The lowest BCUT2D eigenvalue weighted by Crippen LogP contribution is -2.28. The Hall–Kier alpha value is -0.0900. The molecule has 0 amide bonds. The Balaban J connectivity index is 0.00000128. The van der Waals surface area contributed by atoms with Crippen molar-refractivity contribution in [2.45, 2.75) is 25.4 Å². The molecular formula is C12H18BrClN2. The molecule has 1 aromatic carbocycles. The zero-order chi connectivity index (χ0) is 10.8. The summed E-state index contributed by atoms with van der Waals surface area (Å²) < 4.78 is 1.15. The fraction of sp³-hybridized carbons (Fsp3) is 0.500. The number of nitrogens with zero attached hydrogens (tertiary/aromatic N) is 1. The summed E-state index contributed by atoms with van der Waals surface area (Å²) in [6.07, 6.45) is 1.12. The first-order valence-corrected chi connectivity index (χ1v) is 6.21. The second kappa shape index (κ2) is 6.01. The van der Waals surface area contributed by atoms with Crippen molar-refractivity contribution in [1.29, 1.82) is 0 Å². The van der Waals surface area contributed by atoms with Crippen molar-refractivity contribution in [2.75, 3.05) is 13.1 Å². The Bertz CT molecular complexity index is 346. The molecule has 16 heavy (non-hydrogen) atoms. The van der Waals surface area contributed by atoms with Gasteiger partial charge in [0, 0.05) is 29.6 Å². The minimum absolute atomic E-state index is 0. The van der Waals surface area contributed by atoms with Crippen LogP contribution < -0.4 is 5.73 Å². The van der Waals surface area contributed by atoms with Gasteiger partial charge in [0.05, 0.1) is 0 Å². The minimum Gasteiger partial charge on any atom is -0.326 e. The van der Waals surface area contributed by atoms with Gasteiger partial charge in [-0.05, 0) is 31.0 Å². The summed E-state index contributed by atoms with van der Waals surface area (Å²) >= 11 is 3.51. The van der Waals surface area contributed by atoms with Crippen molar-refractivity contribution in [2.24, 2.45) is 5.73 Å². The maximum atomic E-state index is 5.92. The predicted molar refractivity (Wildman–Crippen MR) is 74.0 cm³/mol. The van der Waals surface area contributed by atoms with Crippen LogP contribution in [0, 0.1) is 0 Å². The third kappa shape index (κ3) is 3.20. The van der Waals surface area contributed by atoms with Gasteiger partial charge >= 0.3 is 0 Å². The highest BCUT2D eigenvalue weighted by atomic mass is 79.9. The van der Waals surface area contributed by atoms with Crippen LogP contribution in [0.3, 0.4) is 0 Å². The van der Waals surface area contributed by atoms with Gasteiger partial charge in [0.2, 0.25) is 0 Å². The lowest BCUT2D eigenvalue weighted by Gasteiger charge is -2.24. The molecule has 1 heterocycles. The van der Waals surface area contributed by atoms with Crippen LogP contribution in [0.4, 0.5) is 0 Å².